The average molecular weight is 440 g/mol. The first-order chi connectivity index (χ1) is 13.4. The lowest BCUT2D eigenvalue weighted by molar-refractivity contribution is 0.138. The summed E-state index contributed by atoms with van der Waals surface area (Å²) in [7, 11) is 0. The lowest BCUT2D eigenvalue weighted by atomic mass is 10.0. The van der Waals surface area contributed by atoms with Gasteiger partial charge in [-0.2, -0.15) is 0 Å². The minimum Gasteiger partial charge on any atom is -0.465 e. The first-order valence-electron chi connectivity index (χ1n) is 9.35. The van der Waals surface area contributed by atoms with E-state index in [-0.39, 0.29) is 6.04 Å². The van der Waals surface area contributed by atoms with Gasteiger partial charge in [-0.05, 0) is 48.1 Å². The van der Waals surface area contributed by atoms with Crippen LogP contribution < -0.4 is 0 Å². The van der Waals surface area contributed by atoms with E-state index >= 15 is 0 Å². The Morgan fingerprint density at radius 2 is 1.68 bits per heavy atom. The Labute approximate surface area is 172 Å². The van der Waals surface area contributed by atoms with Crippen LogP contribution in [0.3, 0.4) is 0 Å². The highest BCUT2D eigenvalue weighted by Gasteiger charge is 2.36. The number of hydrogen-bond acceptors (Lipinski definition) is 2. The fraction of sp³-hybridized carbons (Fsp3) is 0.273. The van der Waals surface area contributed by atoms with Crippen LogP contribution in [0.1, 0.15) is 30.9 Å². The fourth-order valence-corrected chi connectivity index (χ4v) is 4.17. The van der Waals surface area contributed by atoms with Gasteiger partial charge in [-0.1, -0.05) is 59.3 Å². The van der Waals surface area contributed by atoms with Gasteiger partial charge in [0.1, 0.15) is 5.82 Å². The molecule has 6 heteroatoms. The van der Waals surface area contributed by atoms with Crippen molar-refractivity contribution in [2.75, 3.05) is 6.54 Å². The molecule has 0 radical (unpaired) electrons. The SMILES string of the molecule is Cc1nc(C2CC(C)CN2C(=O)O)[nH]c1-c1ccc(-c2ccc(Br)cc2)cc1. The summed E-state index contributed by atoms with van der Waals surface area (Å²) in [5, 5.41) is 9.49. The minimum absolute atomic E-state index is 0.206. The van der Waals surface area contributed by atoms with Crippen molar-refractivity contribution < 1.29 is 9.90 Å². The van der Waals surface area contributed by atoms with Crippen LogP contribution in [0, 0.1) is 12.8 Å². The van der Waals surface area contributed by atoms with E-state index in [0.717, 1.165) is 44.8 Å². The van der Waals surface area contributed by atoms with E-state index in [9.17, 15) is 9.90 Å². The highest BCUT2D eigenvalue weighted by atomic mass is 79.9. The van der Waals surface area contributed by atoms with Crippen molar-refractivity contribution >= 4 is 22.0 Å². The molecule has 144 valence electrons. The van der Waals surface area contributed by atoms with Gasteiger partial charge >= 0.3 is 6.09 Å². The number of aromatic amines is 1. The number of amides is 1. The Hall–Kier alpha value is -2.60. The van der Waals surface area contributed by atoms with Crippen LogP contribution >= 0.6 is 15.9 Å². The van der Waals surface area contributed by atoms with Crippen LogP contribution in [-0.4, -0.2) is 32.6 Å². The number of rotatable bonds is 3. The number of halogens is 1. The Morgan fingerprint density at radius 1 is 1.11 bits per heavy atom. The van der Waals surface area contributed by atoms with Gasteiger partial charge < -0.3 is 10.1 Å². The third kappa shape index (κ3) is 3.56. The number of aryl methyl sites for hydroxylation is 1. The Balaban J connectivity index is 1.62. The molecule has 1 aliphatic heterocycles. The summed E-state index contributed by atoms with van der Waals surface area (Å²) >= 11 is 3.46. The standard InChI is InChI=1S/C22H22BrN3O2/c1-13-11-19(26(12-13)22(27)28)21-24-14(2)20(25-21)17-5-3-15(4-6-17)16-7-9-18(23)10-8-16/h3-10,13,19H,11-12H2,1-2H3,(H,24,25)(H,27,28). The normalized spacial score (nSPS) is 19.2. The van der Waals surface area contributed by atoms with E-state index in [4.69, 9.17) is 0 Å². The number of aromatic nitrogens is 2. The second kappa shape index (κ2) is 7.43. The Bertz CT molecular complexity index is 996. The van der Waals surface area contributed by atoms with Gasteiger partial charge in [0, 0.05) is 11.0 Å². The molecule has 5 nitrogen and oxygen atoms in total. The molecule has 1 aliphatic rings. The average Bonchev–Trinajstić information content (AvgIpc) is 3.25. The van der Waals surface area contributed by atoms with E-state index in [0.29, 0.717) is 12.5 Å². The van der Waals surface area contributed by atoms with Crippen molar-refractivity contribution in [2.24, 2.45) is 5.92 Å². The molecule has 2 atom stereocenters. The number of likely N-dealkylation sites (tertiary alicyclic amines) is 1. The van der Waals surface area contributed by atoms with Crippen molar-refractivity contribution in [2.45, 2.75) is 26.3 Å². The molecule has 2 N–H and O–H groups in total. The van der Waals surface area contributed by atoms with Crippen LogP contribution in [-0.2, 0) is 0 Å². The van der Waals surface area contributed by atoms with Crippen molar-refractivity contribution in [1.82, 2.24) is 14.9 Å². The molecule has 0 aliphatic carbocycles. The fourth-order valence-electron chi connectivity index (χ4n) is 3.91. The molecule has 1 amide bonds. The topological polar surface area (TPSA) is 69.2 Å². The maximum Gasteiger partial charge on any atom is 0.407 e. The molecule has 2 heterocycles. The minimum atomic E-state index is -0.885. The molecular formula is C22H22BrN3O2. The molecule has 0 bridgehead atoms. The summed E-state index contributed by atoms with van der Waals surface area (Å²) in [5.41, 5.74) is 5.19. The number of nitrogens with zero attached hydrogens (tertiary/aromatic N) is 2. The second-order valence-corrected chi connectivity index (χ2v) is 8.37. The first-order valence-corrected chi connectivity index (χ1v) is 10.1. The maximum absolute atomic E-state index is 11.6. The molecule has 0 saturated carbocycles. The van der Waals surface area contributed by atoms with Gasteiger partial charge in [0.2, 0.25) is 0 Å². The number of imidazole rings is 1. The third-order valence-corrected chi connectivity index (χ3v) is 5.85. The predicted octanol–water partition coefficient (Wildman–Crippen LogP) is 5.88. The van der Waals surface area contributed by atoms with Crippen LogP contribution in [0.4, 0.5) is 4.79 Å². The van der Waals surface area contributed by atoms with Crippen LogP contribution in [0.25, 0.3) is 22.4 Å². The lowest BCUT2D eigenvalue weighted by Crippen LogP contribution is -2.29. The van der Waals surface area contributed by atoms with Crippen LogP contribution in [0.2, 0.25) is 0 Å². The molecule has 0 spiro atoms. The van der Waals surface area contributed by atoms with Gasteiger partial charge in [-0.15, -0.1) is 0 Å². The highest BCUT2D eigenvalue weighted by molar-refractivity contribution is 9.10. The maximum atomic E-state index is 11.6. The summed E-state index contributed by atoms with van der Waals surface area (Å²) in [6.07, 6.45) is -0.0925. The monoisotopic (exact) mass is 439 g/mol. The van der Waals surface area contributed by atoms with Crippen molar-refractivity contribution in [3.63, 3.8) is 0 Å². The molecule has 1 saturated heterocycles. The highest BCUT2D eigenvalue weighted by Crippen LogP contribution is 2.36. The molecule has 28 heavy (non-hydrogen) atoms. The van der Waals surface area contributed by atoms with Crippen LogP contribution in [0.15, 0.2) is 53.0 Å². The predicted molar refractivity (Wildman–Crippen MR) is 113 cm³/mol. The molecular weight excluding hydrogens is 418 g/mol. The summed E-state index contributed by atoms with van der Waals surface area (Å²) in [6.45, 7) is 4.59. The number of benzene rings is 2. The van der Waals surface area contributed by atoms with E-state index in [1.807, 2.05) is 19.1 Å². The van der Waals surface area contributed by atoms with E-state index in [1.165, 1.54) is 4.90 Å². The zero-order valence-corrected chi connectivity index (χ0v) is 17.4. The number of nitrogens with one attached hydrogen (secondary N) is 1. The van der Waals surface area contributed by atoms with Gasteiger partial charge in [0.25, 0.3) is 0 Å². The Kier molecular flexibility index (Phi) is 4.98. The third-order valence-electron chi connectivity index (χ3n) is 5.33. The summed E-state index contributed by atoms with van der Waals surface area (Å²) in [5.74, 6) is 1.07. The van der Waals surface area contributed by atoms with Gasteiger partial charge in [-0.3, -0.25) is 4.90 Å². The second-order valence-electron chi connectivity index (χ2n) is 7.46. The molecule has 4 rings (SSSR count). The number of hydrogen-bond donors (Lipinski definition) is 2. The Morgan fingerprint density at radius 3 is 2.29 bits per heavy atom. The van der Waals surface area contributed by atoms with Crippen molar-refractivity contribution in [1.29, 1.82) is 0 Å². The molecule has 2 aromatic carbocycles. The summed E-state index contributed by atoms with van der Waals surface area (Å²) < 4.78 is 1.06. The van der Waals surface area contributed by atoms with E-state index in [1.54, 1.807) is 0 Å². The smallest absolute Gasteiger partial charge is 0.407 e. The van der Waals surface area contributed by atoms with Crippen LogP contribution in [0.5, 0.6) is 0 Å². The first kappa shape index (κ1) is 18.7. The molecule has 3 aromatic rings. The van der Waals surface area contributed by atoms with E-state index in [2.05, 4.69) is 69.2 Å². The summed E-state index contributed by atoms with van der Waals surface area (Å²) in [4.78, 5) is 21.1. The number of carbonyl (C=O) groups is 1. The zero-order valence-electron chi connectivity index (χ0n) is 15.8. The lowest BCUT2D eigenvalue weighted by Gasteiger charge is -2.19. The number of H-pyrrole nitrogens is 1. The van der Waals surface area contributed by atoms with Gasteiger partial charge in [0.15, 0.2) is 0 Å². The summed E-state index contributed by atoms with van der Waals surface area (Å²) in [6, 6.07) is 16.4. The van der Waals surface area contributed by atoms with Gasteiger partial charge in [-0.25, -0.2) is 9.78 Å². The molecule has 1 aromatic heterocycles. The zero-order chi connectivity index (χ0) is 19.8. The quantitative estimate of drug-likeness (QED) is 0.535. The van der Waals surface area contributed by atoms with Crippen molar-refractivity contribution in [3.8, 4) is 22.4 Å². The number of carboxylic acid groups (broad SMARTS) is 1. The molecule has 2 unspecified atom stereocenters. The van der Waals surface area contributed by atoms with Gasteiger partial charge in [0.05, 0.1) is 17.4 Å². The van der Waals surface area contributed by atoms with E-state index < -0.39 is 6.09 Å². The molecule has 1 fully saturated rings. The van der Waals surface area contributed by atoms with Crippen molar-refractivity contribution in [3.05, 3.63) is 64.5 Å². The largest absolute Gasteiger partial charge is 0.465 e.